The minimum atomic E-state index is -1.62. The Bertz CT molecular complexity index is 738. The van der Waals surface area contributed by atoms with Crippen LogP contribution in [-0.4, -0.2) is 72.6 Å². The van der Waals surface area contributed by atoms with Gasteiger partial charge in [-0.1, -0.05) is 33.5 Å². The lowest BCUT2D eigenvalue weighted by molar-refractivity contribution is -0.246. The summed E-state index contributed by atoms with van der Waals surface area (Å²) in [6.07, 6.45) is -2.15. The first-order chi connectivity index (χ1) is 15.9. The Labute approximate surface area is 214 Å². The zero-order chi connectivity index (χ0) is 25.9. The van der Waals surface area contributed by atoms with Gasteiger partial charge in [0.15, 0.2) is 18.3 Å². The maximum atomic E-state index is 12.0. The van der Waals surface area contributed by atoms with Gasteiger partial charge in [0.2, 0.25) is 0 Å². The first-order valence-electron chi connectivity index (χ1n) is 11.8. The first-order valence-corrected chi connectivity index (χ1v) is 17.4. The average molecular weight is 533 g/mol. The highest BCUT2D eigenvalue weighted by Crippen LogP contribution is 2.35. The zero-order valence-electron chi connectivity index (χ0n) is 21.7. The Hall–Kier alpha value is -1.15. The van der Waals surface area contributed by atoms with Gasteiger partial charge in [-0.05, 0) is 24.3 Å². The van der Waals surface area contributed by atoms with E-state index < -0.39 is 56.5 Å². The van der Waals surface area contributed by atoms with Gasteiger partial charge in [-0.25, -0.2) is 0 Å². The van der Waals surface area contributed by atoms with Crippen LogP contribution in [0.2, 0.25) is 19.6 Å². The molecule has 0 aromatic carbocycles. The van der Waals surface area contributed by atoms with E-state index in [1.54, 1.807) is 0 Å². The van der Waals surface area contributed by atoms with E-state index in [0.29, 0.717) is 17.4 Å². The van der Waals surface area contributed by atoms with Crippen LogP contribution < -0.4 is 0 Å². The van der Waals surface area contributed by atoms with Crippen LogP contribution in [0.1, 0.15) is 53.9 Å². The van der Waals surface area contributed by atoms with Gasteiger partial charge in [-0.3, -0.25) is 14.4 Å². The molecule has 0 aromatic rings. The highest BCUT2D eigenvalue weighted by atomic mass is 32.2. The van der Waals surface area contributed by atoms with Crippen LogP contribution in [0.15, 0.2) is 0 Å². The molecule has 0 bridgehead atoms. The van der Waals surface area contributed by atoms with E-state index in [1.165, 1.54) is 20.8 Å². The fourth-order valence-corrected chi connectivity index (χ4v) is 6.87. The second-order valence-electron chi connectivity index (χ2n) is 9.11. The van der Waals surface area contributed by atoms with Gasteiger partial charge in [-0.15, -0.1) is 35.0 Å². The van der Waals surface area contributed by atoms with Crippen molar-refractivity contribution in [3.8, 4) is 11.5 Å². The molecule has 1 rings (SSSR count). The molecule has 0 saturated carbocycles. The Balaban J connectivity index is 3.32. The SMILES string of the molecule is CCSC(CC[C@H]1O[C@@H](CC#C[Si](C)(C)C)[C@H](OC(C)=O)[C@@H](OC(C)=O)[C@@H]1OC(C)=O)SCC. The topological polar surface area (TPSA) is 88.1 Å². The van der Waals surface area contributed by atoms with Crippen LogP contribution in [0.3, 0.4) is 0 Å². The molecule has 1 aliphatic rings. The van der Waals surface area contributed by atoms with E-state index in [1.807, 2.05) is 23.5 Å². The van der Waals surface area contributed by atoms with Gasteiger partial charge >= 0.3 is 17.9 Å². The lowest BCUT2D eigenvalue weighted by Gasteiger charge is -2.44. The van der Waals surface area contributed by atoms with E-state index >= 15 is 0 Å². The number of carbonyl (C=O) groups excluding carboxylic acids is 3. The standard InChI is InChI=1S/C24H40O7S2Si/c1-9-32-21(33-10-2)14-13-20-23(29-17(4)26)24(30-18(5)27)22(28-16(3)25)19(31-20)12-11-15-34(6,7)8/h19-24H,9-10,12-14H2,1-8H3/t19-,20+,22-,23+,24+/m0/s1. The number of rotatable bonds is 11. The van der Waals surface area contributed by atoms with Gasteiger partial charge in [0.05, 0.1) is 10.7 Å². The summed E-state index contributed by atoms with van der Waals surface area (Å²) in [6.45, 7) is 14.6. The molecule has 0 aliphatic carbocycles. The molecule has 0 aromatic heterocycles. The molecule has 34 heavy (non-hydrogen) atoms. The van der Waals surface area contributed by atoms with E-state index in [-0.39, 0.29) is 0 Å². The highest BCUT2D eigenvalue weighted by molar-refractivity contribution is 8.16. The van der Waals surface area contributed by atoms with Crippen molar-refractivity contribution in [2.24, 2.45) is 0 Å². The Morgan fingerprint density at radius 1 is 0.853 bits per heavy atom. The summed E-state index contributed by atoms with van der Waals surface area (Å²) < 4.78 is 23.6. The normalized spacial score (nSPS) is 24.7. The number of carbonyl (C=O) groups is 3. The van der Waals surface area contributed by atoms with Crippen molar-refractivity contribution < 1.29 is 33.3 Å². The second kappa shape index (κ2) is 15.1. The van der Waals surface area contributed by atoms with E-state index in [9.17, 15) is 14.4 Å². The lowest BCUT2D eigenvalue weighted by atomic mass is 9.90. The third-order valence-electron chi connectivity index (χ3n) is 4.79. The van der Waals surface area contributed by atoms with Crippen molar-refractivity contribution in [2.75, 3.05) is 11.5 Å². The molecular formula is C24H40O7S2Si. The van der Waals surface area contributed by atoms with Crippen molar-refractivity contribution in [3.63, 3.8) is 0 Å². The molecular weight excluding hydrogens is 492 g/mol. The molecule has 1 heterocycles. The average Bonchev–Trinajstić information content (AvgIpc) is 2.69. The van der Waals surface area contributed by atoms with Gasteiger partial charge < -0.3 is 18.9 Å². The molecule has 1 saturated heterocycles. The highest BCUT2D eigenvalue weighted by Gasteiger charge is 2.51. The maximum Gasteiger partial charge on any atom is 0.303 e. The molecule has 5 atom stereocenters. The van der Waals surface area contributed by atoms with E-state index in [0.717, 1.165) is 17.9 Å². The van der Waals surface area contributed by atoms with Crippen molar-refractivity contribution in [3.05, 3.63) is 0 Å². The molecule has 1 fully saturated rings. The number of thioether (sulfide) groups is 2. The third kappa shape index (κ3) is 11.5. The van der Waals surface area contributed by atoms with Crippen LogP contribution in [0.4, 0.5) is 0 Å². The minimum Gasteiger partial charge on any atom is -0.456 e. The summed E-state index contributed by atoms with van der Waals surface area (Å²) in [6, 6.07) is 0. The van der Waals surface area contributed by atoms with Crippen LogP contribution in [-0.2, 0) is 33.3 Å². The van der Waals surface area contributed by atoms with Crippen molar-refractivity contribution in [1.82, 2.24) is 0 Å². The van der Waals surface area contributed by atoms with Crippen molar-refractivity contribution >= 4 is 49.5 Å². The molecule has 194 valence electrons. The Morgan fingerprint density at radius 3 is 1.76 bits per heavy atom. The maximum absolute atomic E-state index is 12.0. The van der Waals surface area contributed by atoms with Crippen LogP contribution >= 0.6 is 23.5 Å². The molecule has 0 radical (unpaired) electrons. The zero-order valence-corrected chi connectivity index (χ0v) is 24.3. The fourth-order valence-electron chi connectivity index (χ4n) is 3.68. The third-order valence-corrected chi connectivity index (χ3v) is 8.42. The summed E-state index contributed by atoms with van der Waals surface area (Å²) in [5.41, 5.74) is 3.31. The van der Waals surface area contributed by atoms with Crippen molar-refractivity contribution in [2.45, 2.75) is 109 Å². The molecule has 7 nitrogen and oxygen atoms in total. The van der Waals surface area contributed by atoms with E-state index in [4.69, 9.17) is 18.9 Å². The summed E-state index contributed by atoms with van der Waals surface area (Å²) in [7, 11) is -1.62. The Kier molecular flexibility index (Phi) is 13.7. The van der Waals surface area contributed by atoms with Crippen LogP contribution in [0.5, 0.6) is 0 Å². The molecule has 10 heteroatoms. The largest absolute Gasteiger partial charge is 0.456 e. The van der Waals surface area contributed by atoms with Gasteiger partial charge in [0.25, 0.3) is 0 Å². The van der Waals surface area contributed by atoms with E-state index in [2.05, 4.69) is 45.0 Å². The minimum absolute atomic E-state index is 0.320. The molecule has 1 aliphatic heterocycles. The van der Waals surface area contributed by atoms with Crippen LogP contribution in [0.25, 0.3) is 0 Å². The quantitative estimate of drug-likeness (QED) is 0.126. The number of ether oxygens (including phenoxy) is 4. The number of hydrogen-bond acceptors (Lipinski definition) is 9. The van der Waals surface area contributed by atoms with Crippen molar-refractivity contribution in [1.29, 1.82) is 0 Å². The number of hydrogen-bond donors (Lipinski definition) is 0. The molecule has 0 N–H and O–H groups in total. The van der Waals surface area contributed by atoms with Gasteiger partial charge in [0, 0.05) is 27.2 Å². The van der Waals surface area contributed by atoms with Gasteiger partial charge in [0.1, 0.15) is 14.2 Å². The monoisotopic (exact) mass is 532 g/mol. The predicted octanol–water partition coefficient (Wildman–Crippen LogP) is 4.43. The first kappa shape index (κ1) is 30.9. The summed E-state index contributed by atoms with van der Waals surface area (Å²) in [5.74, 6) is 3.59. The molecule has 0 unspecified atom stereocenters. The van der Waals surface area contributed by atoms with Gasteiger partial charge in [-0.2, -0.15) is 0 Å². The lowest BCUT2D eigenvalue weighted by Crippen LogP contribution is -2.61. The summed E-state index contributed by atoms with van der Waals surface area (Å²) >= 11 is 3.74. The predicted molar refractivity (Wildman–Crippen MR) is 140 cm³/mol. The Morgan fingerprint density at radius 2 is 1.32 bits per heavy atom. The fraction of sp³-hybridized carbons (Fsp3) is 0.792. The second-order valence-corrected chi connectivity index (χ2v) is 17.1. The molecule has 0 amide bonds. The van der Waals surface area contributed by atoms with Crippen LogP contribution in [0, 0.1) is 11.5 Å². The number of esters is 3. The molecule has 0 spiro atoms. The summed E-state index contributed by atoms with van der Waals surface area (Å²) in [5, 5.41) is 0. The smallest absolute Gasteiger partial charge is 0.303 e. The summed E-state index contributed by atoms with van der Waals surface area (Å²) in [4.78, 5) is 35.9.